The first-order valence-electron chi connectivity index (χ1n) is 6.08. The number of fused-ring (bicyclic) bond motifs is 1. The molecule has 0 saturated heterocycles. The Hall–Kier alpha value is -1.35. The Morgan fingerprint density at radius 3 is 2.65 bits per heavy atom. The molecule has 0 fully saturated rings. The van der Waals surface area contributed by atoms with Crippen molar-refractivity contribution < 1.29 is 9.90 Å². The molecule has 1 N–H and O–H groups in total. The Morgan fingerprint density at radius 1 is 1.29 bits per heavy atom. The van der Waals surface area contributed by atoms with Crippen LogP contribution in [-0.2, 0) is 16.8 Å². The molecule has 1 atom stereocenters. The number of nitrogens with zero attached hydrogens (tertiary/aromatic N) is 1. The second kappa shape index (κ2) is 4.49. The van der Waals surface area contributed by atoms with E-state index in [1.165, 1.54) is 5.56 Å². The first-order chi connectivity index (χ1) is 8.09. The van der Waals surface area contributed by atoms with Crippen LogP contribution >= 0.6 is 0 Å². The fraction of sp³-hybridized carbons (Fsp3) is 0.500. The van der Waals surface area contributed by atoms with Crippen molar-refractivity contribution in [3.05, 3.63) is 35.4 Å². The third-order valence-corrected chi connectivity index (χ3v) is 3.81. The first-order valence-corrected chi connectivity index (χ1v) is 6.08. The summed E-state index contributed by atoms with van der Waals surface area (Å²) in [6.45, 7) is 0. The number of aliphatic carboxylic acids is 1. The van der Waals surface area contributed by atoms with E-state index in [4.69, 9.17) is 0 Å². The summed E-state index contributed by atoms with van der Waals surface area (Å²) in [6.07, 6.45) is 3.70. The van der Waals surface area contributed by atoms with E-state index < -0.39 is 11.5 Å². The summed E-state index contributed by atoms with van der Waals surface area (Å²) < 4.78 is 0. The molecule has 0 bridgehead atoms. The maximum absolute atomic E-state index is 11.8. The molecule has 17 heavy (non-hydrogen) atoms. The number of rotatable bonds is 2. The first kappa shape index (κ1) is 12.1. The molecule has 1 aromatic rings. The van der Waals surface area contributed by atoms with Crippen molar-refractivity contribution in [1.29, 1.82) is 0 Å². The molecule has 1 aliphatic carbocycles. The van der Waals surface area contributed by atoms with Gasteiger partial charge < -0.3 is 5.11 Å². The van der Waals surface area contributed by atoms with E-state index in [1.54, 1.807) is 0 Å². The Bertz CT molecular complexity index is 428. The summed E-state index contributed by atoms with van der Waals surface area (Å²) >= 11 is 0. The van der Waals surface area contributed by atoms with E-state index in [0.717, 1.165) is 24.8 Å². The standard InChI is InChI=1S/C14H19NO2/c1-15(2)14(13(16)17)10-6-5-8-11-7-3-4-9-12(11)14/h3-4,7,9H,5-6,8,10H2,1-2H3,(H,16,17). The topological polar surface area (TPSA) is 40.5 Å². The van der Waals surface area contributed by atoms with E-state index in [1.807, 2.05) is 37.2 Å². The highest BCUT2D eigenvalue weighted by molar-refractivity contribution is 5.81. The fourth-order valence-electron chi connectivity index (χ4n) is 2.85. The molecule has 0 radical (unpaired) electrons. The lowest BCUT2D eigenvalue weighted by molar-refractivity contribution is -0.151. The molecule has 3 heteroatoms. The van der Waals surface area contributed by atoms with Crippen molar-refractivity contribution in [2.75, 3.05) is 14.1 Å². The molecule has 0 aliphatic heterocycles. The van der Waals surface area contributed by atoms with Crippen LogP contribution in [0.5, 0.6) is 0 Å². The molecule has 92 valence electrons. The van der Waals surface area contributed by atoms with E-state index >= 15 is 0 Å². The van der Waals surface area contributed by atoms with Gasteiger partial charge in [-0.1, -0.05) is 30.7 Å². The summed E-state index contributed by atoms with van der Waals surface area (Å²) in [5.74, 6) is -0.739. The van der Waals surface area contributed by atoms with E-state index in [2.05, 4.69) is 6.07 Å². The quantitative estimate of drug-likeness (QED) is 0.796. The van der Waals surface area contributed by atoms with Crippen LogP contribution in [0.1, 0.15) is 30.4 Å². The van der Waals surface area contributed by atoms with Gasteiger partial charge in [-0.3, -0.25) is 4.90 Å². The molecule has 3 nitrogen and oxygen atoms in total. The zero-order valence-electron chi connectivity index (χ0n) is 10.4. The summed E-state index contributed by atoms with van der Waals surface area (Å²) in [7, 11) is 3.71. The molecular formula is C14H19NO2. The maximum atomic E-state index is 11.8. The van der Waals surface area contributed by atoms with Gasteiger partial charge in [-0.2, -0.15) is 0 Å². The summed E-state index contributed by atoms with van der Waals surface area (Å²) in [5.41, 5.74) is 1.30. The number of carbonyl (C=O) groups is 1. The Kier molecular flexibility index (Phi) is 3.20. The highest BCUT2D eigenvalue weighted by Gasteiger charge is 2.44. The molecule has 0 amide bonds. The Balaban J connectivity index is 2.63. The van der Waals surface area contributed by atoms with Gasteiger partial charge in [0.15, 0.2) is 0 Å². The van der Waals surface area contributed by atoms with Crippen molar-refractivity contribution in [3.63, 3.8) is 0 Å². The lowest BCUT2D eigenvalue weighted by Gasteiger charge is -2.36. The number of carboxylic acid groups (broad SMARTS) is 1. The Morgan fingerprint density at radius 2 is 2.00 bits per heavy atom. The summed E-state index contributed by atoms with van der Waals surface area (Å²) in [5, 5.41) is 9.69. The number of carboxylic acids is 1. The summed E-state index contributed by atoms with van der Waals surface area (Å²) in [4.78, 5) is 13.6. The van der Waals surface area contributed by atoms with Crippen LogP contribution < -0.4 is 0 Å². The van der Waals surface area contributed by atoms with Crippen molar-refractivity contribution >= 4 is 5.97 Å². The van der Waals surface area contributed by atoms with E-state index in [9.17, 15) is 9.90 Å². The monoisotopic (exact) mass is 233 g/mol. The largest absolute Gasteiger partial charge is 0.480 e. The molecule has 1 aromatic carbocycles. The van der Waals surface area contributed by atoms with Gasteiger partial charge in [0, 0.05) is 0 Å². The number of likely N-dealkylation sites (N-methyl/N-ethyl adjacent to an activating group) is 1. The zero-order chi connectivity index (χ0) is 12.5. The van der Waals surface area contributed by atoms with Crippen LogP contribution in [0.3, 0.4) is 0 Å². The van der Waals surface area contributed by atoms with Crippen LogP contribution in [0.4, 0.5) is 0 Å². The normalized spacial score (nSPS) is 24.2. The second-order valence-electron chi connectivity index (χ2n) is 4.92. The average molecular weight is 233 g/mol. The lowest BCUT2D eigenvalue weighted by Crippen LogP contribution is -2.48. The highest BCUT2D eigenvalue weighted by Crippen LogP contribution is 2.38. The molecule has 2 rings (SSSR count). The second-order valence-corrected chi connectivity index (χ2v) is 4.92. The van der Waals surface area contributed by atoms with Gasteiger partial charge in [-0.25, -0.2) is 4.79 Å². The van der Waals surface area contributed by atoms with Gasteiger partial charge >= 0.3 is 5.97 Å². The molecule has 1 aliphatic rings. The van der Waals surface area contributed by atoms with Crippen LogP contribution in [0.25, 0.3) is 0 Å². The Labute approximate surface area is 102 Å². The van der Waals surface area contributed by atoms with Gasteiger partial charge in [0.2, 0.25) is 0 Å². The average Bonchev–Trinajstić information content (AvgIpc) is 2.48. The fourth-order valence-corrected chi connectivity index (χ4v) is 2.85. The number of hydrogen-bond acceptors (Lipinski definition) is 2. The number of benzene rings is 1. The van der Waals surface area contributed by atoms with Crippen molar-refractivity contribution in [2.45, 2.75) is 31.2 Å². The van der Waals surface area contributed by atoms with Crippen molar-refractivity contribution in [3.8, 4) is 0 Å². The molecule has 0 spiro atoms. The van der Waals surface area contributed by atoms with E-state index in [-0.39, 0.29) is 0 Å². The van der Waals surface area contributed by atoms with Crippen molar-refractivity contribution in [1.82, 2.24) is 4.90 Å². The number of hydrogen-bond donors (Lipinski definition) is 1. The highest BCUT2D eigenvalue weighted by atomic mass is 16.4. The molecular weight excluding hydrogens is 214 g/mol. The third-order valence-electron chi connectivity index (χ3n) is 3.81. The van der Waals surface area contributed by atoms with Gasteiger partial charge in [0.05, 0.1) is 0 Å². The molecule has 1 unspecified atom stereocenters. The van der Waals surface area contributed by atoms with Crippen LogP contribution in [0, 0.1) is 0 Å². The van der Waals surface area contributed by atoms with Crippen LogP contribution in [0.15, 0.2) is 24.3 Å². The lowest BCUT2D eigenvalue weighted by atomic mass is 9.83. The van der Waals surface area contributed by atoms with Gasteiger partial charge in [-0.15, -0.1) is 0 Å². The molecule has 0 aromatic heterocycles. The van der Waals surface area contributed by atoms with Gasteiger partial charge in [0.25, 0.3) is 0 Å². The predicted molar refractivity (Wildman–Crippen MR) is 67.0 cm³/mol. The van der Waals surface area contributed by atoms with Gasteiger partial charge in [0.1, 0.15) is 5.54 Å². The van der Waals surface area contributed by atoms with Gasteiger partial charge in [-0.05, 0) is 44.5 Å². The minimum Gasteiger partial charge on any atom is -0.480 e. The van der Waals surface area contributed by atoms with Crippen LogP contribution in [-0.4, -0.2) is 30.1 Å². The number of aryl methyl sites for hydroxylation is 1. The minimum atomic E-state index is -0.854. The zero-order valence-corrected chi connectivity index (χ0v) is 10.4. The third kappa shape index (κ3) is 1.84. The summed E-state index contributed by atoms with van der Waals surface area (Å²) in [6, 6.07) is 7.95. The van der Waals surface area contributed by atoms with E-state index in [0.29, 0.717) is 6.42 Å². The van der Waals surface area contributed by atoms with Crippen molar-refractivity contribution in [2.24, 2.45) is 0 Å². The minimum absolute atomic E-state index is 0.687. The maximum Gasteiger partial charge on any atom is 0.328 e. The molecule has 0 heterocycles. The SMILES string of the molecule is CN(C)C1(C(=O)O)CCCCc2ccccc21. The molecule has 0 saturated carbocycles. The van der Waals surface area contributed by atoms with Crippen LogP contribution in [0.2, 0.25) is 0 Å². The smallest absolute Gasteiger partial charge is 0.328 e. The predicted octanol–water partition coefficient (Wildman–Crippen LogP) is 2.25.